The van der Waals surface area contributed by atoms with Crippen molar-refractivity contribution in [2.24, 2.45) is 0 Å². The fourth-order valence-corrected chi connectivity index (χ4v) is 3.52. The van der Waals surface area contributed by atoms with Gasteiger partial charge in [-0.2, -0.15) is 0 Å². The number of fused-ring (bicyclic) bond motifs is 3. The Bertz CT molecular complexity index is 1230. The van der Waals surface area contributed by atoms with E-state index in [4.69, 9.17) is 4.52 Å². The summed E-state index contributed by atoms with van der Waals surface area (Å²) in [4.78, 5) is 12.2. The van der Waals surface area contributed by atoms with Crippen LogP contribution in [-0.4, -0.2) is 20.1 Å². The van der Waals surface area contributed by atoms with Gasteiger partial charge in [-0.25, -0.2) is 0 Å². The molecular formula is C21H16N4O. The standard InChI is InChI=1S/C21H16N4O/c1-12-21(13(2)26-25-12)14-5-6-18-16(8-14)17-9-19(23-11-20(17)24-18)15-4-3-7-22-10-15/h3-11,24H,1-2H3. The van der Waals surface area contributed by atoms with Gasteiger partial charge in [-0.3, -0.25) is 9.97 Å². The van der Waals surface area contributed by atoms with Gasteiger partial charge in [0.1, 0.15) is 5.76 Å². The number of benzene rings is 1. The molecule has 0 aliphatic carbocycles. The molecule has 0 saturated heterocycles. The molecule has 0 aliphatic rings. The highest BCUT2D eigenvalue weighted by Crippen LogP contribution is 2.33. The predicted molar refractivity (Wildman–Crippen MR) is 102 cm³/mol. The number of H-pyrrole nitrogens is 1. The van der Waals surface area contributed by atoms with Crippen LogP contribution in [0.25, 0.3) is 44.2 Å². The lowest BCUT2D eigenvalue weighted by atomic mass is 10.0. The van der Waals surface area contributed by atoms with Crippen LogP contribution in [0.5, 0.6) is 0 Å². The normalized spacial score (nSPS) is 11.5. The zero-order chi connectivity index (χ0) is 17.7. The van der Waals surface area contributed by atoms with Crippen molar-refractivity contribution in [3.63, 3.8) is 0 Å². The van der Waals surface area contributed by atoms with Crippen molar-refractivity contribution in [2.75, 3.05) is 0 Å². The van der Waals surface area contributed by atoms with Gasteiger partial charge in [-0.15, -0.1) is 0 Å². The Balaban J connectivity index is 1.75. The molecular weight excluding hydrogens is 324 g/mol. The van der Waals surface area contributed by atoms with Crippen molar-refractivity contribution >= 4 is 21.8 Å². The van der Waals surface area contributed by atoms with Crippen molar-refractivity contribution < 1.29 is 4.52 Å². The molecule has 0 aliphatic heterocycles. The molecule has 5 rings (SSSR count). The minimum absolute atomic E-state index is 0.833. The van der Waals surface area contributed by atoms with E-state index in [1.807, 2.05) is 38.4 Å². The van der Waals surface area contributed by atoms with Gasteiger partial charge in [0.25, 0.3) is 0 Å². The van der Waals surface area contributed by atoms with Crippen LogP contribution in [-0.2, 0) is 0 Å². The van der Waals surface area contributed by atoms with Gasteiger partial charge in [0.05, 0.1) is 23.1 Å². The maximum Gasteiger partial charge on any atom is 0.141 e. The van der Waals surface area contributed by atoms with E-state index in [0.29, 0.717) is 0 Å². The molecule has 5 aromatic rings. The Morgan fingerprint density at radius 2 is 1.81 bits per heavy atom. The highest BCUT2D eigenvalue weighted by atomic mass is 16.5. The molecule has 4 aromatic heterocycles. The van der Waals surface area contributed by atoms with Crippen LogP contribution < -0.4 is 0 Å². The zero-order valence-electron chi connectivity index (χ0n) is 14.4. The molecule has 0 fully saturated rings. The second kappa shape index (κ2) is 5.52. The molecule has 5 heteroatoms. The van der Waals surface area contributed by atoms with E-state index in [1.165, 1.54) is 0 Å². The molecule has 4 heterocycles. The second-order valence-electron chi connectivity index (χ2n) is 6.44. The van der Waals surface area contributed by atoms with E-state index in [0.717, 1.165) is 55.6 Å². The van der Waals surface area contributed by atoms with Crippen molar-refractivity contribution in [2.45, 2.75) is 13.8 Å². The SMILES string of the molecule is Cc1noc(C)c1-c1ccc2[nH]c3cnc(-c4cccnc4)cc3c2c1. The number of rotatable bonds is 2. The maximum absolute atomic E-state index is 5.33. The lowest BCUT2D eigenvalue weighted by molar-refractivity contribution is 0.393. The number of nitrogens with one attached hydrogen (secondary N) is 1. The molecule has 5 nitrogen and oxygen atoms in total. The van der Waals surface area contributed by atoms with E-state index >= 15 is 0 Å². The summed E-state index contributed by atoms with van der Waals surface area (Å²) in [5.74, 6) is 0.833. The van der Waals surface area contributed by atoms with E-state index in [1.54, 1.807) is 6.20 Å². The lowest BCUT2D eigenvalue weighted by Gasteiger charge is -2.02. The largest absolute Gasteiger partial charge is 0.361 e. The van der Waals surface area contributed by atoms with Gasteiger partial charge in [0.2, 0.25) is 0 Å². The van der Waals surface area contributed by atoms with Crippen molar-refractivity contribution in [3.8, 4) is 22.4 Å². The Kier molecular flexibility index (Phi) is 3.15. The zero-order valence-corrected chi connectivity index (χ0v) is 14.4. The fraction of sp³-hybridized carbons (Fsp3) is 0.0952. The second-order valence-corrected chi connectivity index (χ2v) is 6.44. The summed E-state index contributed by atoms with van der Waals surface area (Å²) in [7, 11) is 0. The predicted octanol–water partition coefficient (Wildman–Crippen LogP) is 5.05. The average molecular weight is 340 g/mol. The van der Waals surface area contributed by atoms with E-state index in [-0.39, 0.29) is 0 Å². The first-order valence-electron chi connectivity index (χ1n) is 8.46. The van der Waals surface area contributed by atoms with Gasteiger partial charge < -0.3 is 9.51 Å². The van der Waals surface area contributed by atoms with Gasteiger partial charge in [0, 0.05) is 39.8 Å². The molecule has 1 aromatic carbocycles. The average Bonchev–Trinajstić information content (AvgIpc) is 3.21. The quantitative estimate of drug-likeness (QED) is 0.488. The van der Waals surface area contributed by atoms with E-state index in [2.05, 4.69) is 44.4 Å². The molecule has 0 amide bonds. The summed E-state index contributed by atoms with van der Waals surface area (Å²) in [6.07, 6.45) is 5.48. The topological polar surface area (TPSA) is 67.6 Å². The summed E-state index contributed by atoms with van der Waals surface area (Å²) in [5, 5.41) is 6.38. The van der Waals surface area contributed by atoms with Crippen LogP contribution in [0.15, 0.2) is 59.5 Å². The lowest BCUT2D eigenvalue weighted by Crippen LogP contribution is -1.84. The monoisotopic (exact) mass is 340 g/mol. The number of pyridine rings is 2. The van der Waals surface area contributed by atoms with Gasteiger partial charge >= 0.3 is 0 Å². The maximum atomic E-state index is 5.33. The number of aromatic nitrogens is 4. The van der Waals surface area contributed by atoms with Crippen LogP contribution in [0.4, 0.5) is 0 Å². The molecule has 0 unspecified atom stereocenters. The highest BCUT2D eigenvalue weighted by molar-refractivity contribution is 6.09. The number of hydrogen-bond donors (Lipinski definition) is 1. The molecule has 0 atom stereocenters. The third-order valence-corrected chi connectivity index (χ3v) is 4.76. The Morgan fingerprint density at radius 1 is 0.923 bits per heavy atom. The van der Waals surface area contributed by atoms with E-state index < -0.39 is 0 Å². The summed E-state index contributed by atoms with van der Waals surface area (Å²) in [6.45, 7) is 3.91. The van der Waals surface area contributed by atoms with Gasteiger partial charge in [-0.05, 0) is 49.7 Å². The van der Waals surface area contributed by atoms with Gasteiger partial charge in [-0.1, -0.05) is 11.2 Å². The van der Waals surface area contributed by atoms with Crippen molar-refractivity contribution in [3.05, 3.63) is 66.4 Å². The summed E-state index contributed by atoms with van der Waals surface area (Å²) in [5.41, 5.74) is 7.08. The van der Waals surface area contributed by atoms with Crippen LogP contribution in [0.1, 0.15) is 11.5 Å². The molecule has 1 N–H and O–H groups in total. The number of nitrogens with zero attached hydrogens (tertiary/aromatic N) is 3. The Morgan fingerprint density at radius 3 is 2.58 bits per heavy atom. The first-order valence-corrected chi connectivity index (χ1v) is 8.46. The smallest absolute Gasteiger partial charge is 0.141 e. The highest BCUT2D eigenvalue weighted by Gasteiger charge is 2.14. The minimum atomic E-state index is 0.833. The number of aryl methyl sites for hydroxylation is 2. The Hall–Kier alpha value is -3.47. The van der Waals surface area contributed by atoms with E-state index in [9.17, 15) is 0 Å². The number of hydrogen-bond acceptors (Lipinski definition) is 4. The molecule has 126 valence electrons. The number of aromatic amines is 1. The fourth-order valence-electron chi connectivity index (χ4n) is 3.52. The minimum Gasteiger partial charge on any atom is -0.361 e. The first kappa shape index (κ1) is 14.8. The summed E-state index contributed by atoms with van der Waals surface area (Å²) < 4.78 is 5.33. The molecule has 0 bridgehead atoms. The summed E-state index contributed by atoms with van der Waals surface area (Å²) in [6, 6.07) is 12.4. The molecule has 0 spiro atoms. The third-order valence-electron chi connectivity index (χ3n) is 4.76. The molecule has 0 radical (unpaired) electrons. The van der Waals surface area contributed by atoms with Crippen molar-refractivity contribution in [1.29, 1.82) is 0 Å². The van der Waals surface area contributed by atoms with Gasteiger partial charge in [0.15, 0.2) is 0 Å². The molecule has 0 saturated carbocycles. The van der Waals surface area contributed by atoms with Crippen LogP contribution >= 0.6 is 0 Å². The van der Waals surface area contributed by atoms with Crippen molar-refractivity contribution in [1.82, 2.24) is 20.1 Å². The van der Waals surface area contributed by atoms with Crippen LogP contribution in [0.2, 0.25) is 0 Å². The third kappa shape index (κ3) is 2.21. The van der Waals surface area contributed by atoms with Crippen LogP contribution in [0.3, 0.4) is 0 Å². The Labute approximate surface area is 149 Å². The molecule has 26 heavy (non-hydrogen) atoms. The van der Waals surface area contributed by atoms with Crippen LogP contribution in [0, 0.1) is 13.8 Å². The summed E-state index contributed by atoms with van der Waals surface area (Å²) >= 11 is 0. The first-order chi connectivity index (χ1) is 12.7.